The van der Waals surface area contributed by atoms with E-state index in [0.717, 1.165) is 58.5 Å². The maximum atomic E-state index is 11.4. The van der Waals surface area contributed by atoms with E-state index in [2.05, 4.69) is 4.90 Å². The van der Waals surface area contributed by atoms with Crippen LogP contribution in [0.5, 0.6) is 0 Å². The normalized spacial score (nSPS) is 36.1. The van der Waals surface area contributed by atoms with Gasteiger partial charge in [-0.1, -0.05) is 0 Å². The fourth-order valence-electron chi connectivity index (χ4n) is 4.10. The number of hydrogen-bond donors (Lipinski definition) is 0. The van der Waals surface area contributed by atoms with Crippen LogP contribution in [0.2, 0.25) is 0 Å². The molecular formula is C15H26N2O3. The first-order valence-electron chi connectivity index (χ1n) is 7.81. The van der Waals surface area contributed by atoms with E-state index in [1.807, 2.05) is 4.90 Å². The van der Waals surface area contributed by atoms with Crippen molar-refractivity contribution in [2.75, 3.05) is 39.9 Å². The van der Waals surface area contributed by atoms with Gasteiger partial charge in [-0.05, 0) is 25.7 Å². The highest BCUT2D eigenvalue weighted by Crippen LogP contribution is 2.38. The van der Waals surface area contributed by atoms with E-state index < -0.39 is 0 Å². The fourth-order valence-corrected chi connectivity index (χ4v) is 4.10. The lowest BCUT2D eigenvalue weighted by Gasteiger charge is -2.36. The number of likely N-dealkylation sites (tertiary alicyclic amines) is 2. The Morgan fingerprint density at radius 3 is 2.65 bits per heavy atom. The molecule has 3 fully saturated rings. The maximum absolute atomic E-state index is 11.4. The minimum Gasteiger partial charge on any atom is -0.377 e. The van der Waals surface area contributed by atoms with Crippen molar-refractivity contribution in [3.63, 3.8) is 0 Å². The number of carbonyl (C=O) groups excluding carboxylic acids is 1. The van der Waals surface area contributed by atoms with Crippen LogP contribution in [0.25, 0.3) is 0 Å². The molecule has 3 aliphatic rings. The molecule has 0 unspecified atom stereocenters. The van der Waals surface area contributed by atoms with E-state index in [1.54, 1.807) is 14.0 Å². The van der Waals surface area contributed by atoms with Crippen LogP contribution < -0.4 is 0 Å². The number of nitrogens with zero attached hydrogens (tertiary/aromatic N) is 2. The molecule has 0 bridgehead atoms. The molecule has 0 aromatic carbocycles. The van der Waals surface area contributed by atoms with Crippen LogP contribution in [0, 0.1) is 0 Å². The topological polar surface area (TPSA) is 42.0 Å². The highest BCUT2D eigenvalue weighted by Gasteiger charge is 2.51. The van der Waals surface area contributed by atoms with Gasteiger partial charge in [0.25, 0.3) is 0 Å². The van der Waals surface area contributed by atoms with Gasteiger partial charge in [0.05, 0.1) is 6.10 Å². The number of rotatable bonds is 2. The quantitative estimate of drug-likeness (QED) is 0.754. The highest BCUT2D eigenvalue weighted by molar-refractivity contribution is 5.73. The van der Waals surface area contributed by atoms with Crippen molar-refractivity contribution in [3.8, 4) is 0 Å². The van der Waals surface area contributed by atoms with Gasteiger partial charge in [0.1, 0.15) is 5.60 Å². The number of carbonyl (C=O) groups is 1. The lowest BCUT2D eigenvalue weighted by molar-refractivity contribution is -0.130. The smallest absolute Gasteiger partial charge is 0.219 e. The third-order valence-electron chi connectivity index (χ3n) is 5.30. The summed E-state index contributed by atoms with van der Waals surface area (Å²) in [5.41, 5.74) is -0.0630. The molecule has 114 valence electrons. The number of hydrogen-bond acceptors (Lipinski definition) is 4. The van der Waals surface area contributed by atoms with Crippen LogP contribution in [0.1, 0.15) is 32.6 Å². The predicted molar refractivity (Wildman–Crippen MR) is 75.6 cm³/mol. The van der Waals surface area contributed by atoms with Gasteiger partial charge in [-0.2, -0.15) is 0 Å². The monoisotopic (exact) mass is 282 g/mol. The fraction of sp³-hybridized carbons (Fsp3) is 0.933. The zero-order chi connectivity index (χ0) is 14.2. The Morgan fingerprint density at radius 1 is 1.35 bits per heavy atom. The Hall–Kier alpha value is -0.650. The van der Waals surface area contributed by atoms with Gasteiger partial charge in [0.2, 0.25) is 5.91 Å². The van der Waals surface area contributed by atoms with Crippen LogP contribution in [-0.4, -0.2) is 73.3 Å². The molecule has 0 saturated carbocycles. The molecule has 5 nitrogen and oxygen atoms in total. The zero-order valence-corrected chi connectivity index (χ0v) is 12.6. The molecule has 3 rings (SSSR count). The van der Waals surface area contributed by atoms with Crippen molar-refractivity contribution in [1.82, 2.24) is 9.80 Å². The Morgan fingerprint density at radius 2 is 2.10 bits per heavy atom. The average Bonchev–Trinajstić information content (AvgIpc) is 3.07. The van der Waals surface area contributed by atoms with E-state index >= 15 is 0 Å². The maximum Gasteiger partial charge on any atom is 0.219 e. The van der Waals surface area contributed by atoms with Crippen LogP contribution in [0.4, 0.5) is 0 Å². The molecule has 3 aliphatic heterocycles. The van der Waals surface area contributed by atoms with E-state index in [1.165, 1.54) is 0 Å². The Kier molecular flexibility index (Phi) is 4.02. The van der Waals surface area contributed by atoms with Gasteiger partial charge in [-0.15, -0.1) is 0 Å². The first kappa shape index (κ1) is 14.3. The van der Waals surface area contributed by atoms with Crippen molar-refractivity contribution in [2.24, 2.45) is 0 Å². The summed E-state index contributed by atoms with van der Waals surface area (Å²) < 4.78 is 11.8. The summed E-state index contributed by atoms with van der Waals surface area (Å²) in [6.45, 7) is 6.29. The minimum absolute atomic E-state index is 0.0630. The first-order chi connectivity index (χ1) is 9.64. The molecule has 0 aromatic rings. The van der Waals surface area contributed by atoms with Gasteiger partial charge >= 0.3 is 0 Å². The van der Waals surface area contributed by atoms with Gasteiger partial charge in [0, 0.05) is 52.9 Å². The van der Waals surface area contributed by atoms with E-state index in [-0.39, 0.29) is 17.6 Å². The molecule has 0 radical (unpaired) electrons. The zero-order valence-electron chi connectivity index (χ0n) is 12.6. The Balaban J connectivity index is 1.61. The molecule has 2 atom stereocenters. The molecule has 1 spiro atoms. The Bertz CT molecular complexity index is 360. The van der Waals surface area contributed by atoms with Crippen LogP contribution in [0.3, 0.4) is 0 Å². The number of ether oxygens (including phenoxy) is 2. The van der Waals surface area contributed by atoms with Gasteiger partial charge in [0.15, 0.2) is 0 Å². The van der Waals surface area contributed by atoms with E-state index in [0.29, 0.717) is 6.04 Å². The summed E-state index contributed by atoms with van der Waals surface area (Å²) in [5.74, 6) is 0.204. The molecule has 1 amide bonds. The largest absolute Gasteiger partial charge is 0.377 e. The second kappa shape index (κ2) is 5.62. The lowest BCUT2D eigenvalue weighted by Crippen LogP contribution is -2.46. The molecule has 0 N–H and O–H groups in total. The summed E-state index contributed by atoms with van der Waals surface area (Å²) in [7, 11) is 1.80. The number of amides is 1. The van der Waals surface area contributed by atoms with E-state index in [9.17, 15) is 4.79 Å². The SMILES string of the molecule is CO[C@H]1CN(C2CCN(C(C)=O)CC2)C[C@@]12CCCO2. The van der Waals surface area contributed by atoms with Crippen LogP contribution in [0.15, 0.2) is 0 Å². The first-order valence-corrected chi connectivity index (χ1v) is 7.81. The van der Waals surface area contributed by atoms with Gasteiger partial charge < -0.3 is 14.4 Å². The second-order valence-electron chi connectivity index (χ2n) is 6.41. The summed E-state index contributed by atoms with van der Waals surface area (Å²) in [6.07, 6.45) is 4.62. The standard InChI is InChI=1S/C15H26N2O3/c1-12(18)16-7-4-13(5-8-16)17-10-14(19-2)15(11-17)6-3-9-20-15/h13-14H,3-11H2,1-2H3/t14-,15-/m0/s1. The van der Waals surface area contributed by atoms with Crippen molar-refractivity contribution < 1.29 is 14.3 Å². The molecule has 0 aromatic heterocycles. The summed E-state index contributed by atoms with van der Waals surface area (Å²) >= 11 is 0. The summed E-state index contributed by atoms with van der Waals surface area (Å²) in [4.78, 5) is 15.9. The third-order valence-corrected chi connectivity index (χ3v) is 5.30. The van der Waals surface area contributed by atoms with Gasteiger partial charge in [-0.25, -0.2) is 0 Å². The third kappa shape index (κ3) is 2.47. The molecule has 20 heavy (non-hydrogen) atoms. The molecular weight excluding hydrogens is 256 g/mol. The molecule has 5 heteroatoms. The van der Waals surface area contributed by atoms with Crippen LogP contribution >= 0.6 is 0 Å². The summed E-state index contributed by atoms with van der Waals surface area (Å²) in [6, 6.07) is 0.576. The predicted octanol–water partition coefficient (Wildman–Crippen LogP) is 0.877. The number of methoxy groups -OCH3 is 1. The molecule has 0 aliphatic carbocycles. The van der Waals surface area contributed by atoms with Crippen molar-refractivity contribution in [3.05, 3.63) is 0 Å². The van der Waals surface area contributed by atoms with Crippen molar-refractivity contribution >= 4 is 5.91 Å². The lowest BCUT2D eigenvalue weighted by atomic mass is 9.96. The number of piperidine rings is 1. The Labute approximate surface area is 121 Å². The van der Waals surface area contributed by atoms with E-state index in [4.69, 9.17) is 9.47 Å². The average molecular weight is 282 g/mol. The van der Waals surface area contributed by atoms with Crippen molar-refractivity contribution in [2.45, 2.75) is 50.4 Å². The summed E-state index contributed by atoms with van der Waals surface area (Å²) in [5, 5.41) is 0. The molecule has 3 saturated heterocycles. The van der Waals surface area contributed by atoms with Crippen LogP contribution in [-0.2, 0) is 14.3 Å². The van der Waals surface area contributed by atoms with Crippen molar-refractivity contribution in [1.29, 1.82) is 0 Å². The minimum atomic E-state index is -0.0630. The van der Waals surface area contributed by atoms with Gasteiger partial charge in [-0.3, -0.25) is 9.69 Å². The highest BCUT2D eigenvalue weighted by atomic mass is 16.6. The molecule has 3 heterocycles. The second-order valence-corrected chi connectivity index (χ2v) is 6.41.